The molecule has 0 saturated carbocycles. The van der Waals surface area contributed by atoms with Gasteiger partial charge in [-0.3, -0.25) is 0 Å². The fourth-order valence-electron chi connectivity index (χ4n) is 0.547. The predicted octanol–water partition coefficient (Wildman–Crippen LogP) is 1.57. The van der Waals surface area contributed by atoms with Gasteiger partial charge in [0.1, 0.15) is 0 Å². The molecule has 3 heteroatoms. The van der Waals surface area contributed by atoms with Crippen molar-refractivity contribution in [3.8, 4) is 0 Å². The zero-order chi connectivity index (χ0) is 6.69. The molecule has 1 aliphatic rings. The summed E-state index contributed by atoms with van der Waals surface area (Å²) < 4.78 is 0. The smallest absolute Gasteiger partial charge is 0.0647 e. The molecule has 9 heavy (non-hydrogen) atoms. The Labute approximate surface area is 59.4 Å². The predicted molar refractivity (Wildman–Crippen MR) is 41.4 cm³/mol. The summed E-state index contributed by atoms with van der Waals surface area (Å²) in [5.41, 5.74) is 3.70. The van der Waals surface area contributed by atoms with Crippen molar-refractivity contribution in [2.24, 2.45) is 5.10 Å². The summed E-state index contributed by atoms with van der Waals surface area (Å²) in [7, 11) is 0. The molecule has 0 saturated heterocycles. The van der Waals surface area contributed by atoms with Crippen molar-refractivity contribution in [2.75, 3.05) is 0 Å². The van der Waals surface area contributed by atoms with E-state index in [1.807, 2.05) is 0 Å². The molecular weight excluding hydrogens is 132 g/mol. The second kappa shape index (κ2) is 2.92. The van der Waals surface area contributed by atoms with E-state index in [4.69, 9.17) is 0 Å². The SMILES string of the molecule is CC(C)SC1=C[N]N=C1. The molecule has 1 heterocycles. The normalized spacial score (nSPS) is 16.1. The molecule has 0 bridgehead atoms. The van der Waals surface area contributed by atoms with Crippen LogP contribution in [0.1, 0.15) is 13.8 Å². The Morgan fingerprint density at radius 1 is 1.56 bits per heavy atom. The zero-order valence-corrected chi connectivity index (χ0v) is 6.35. The quantitative estimate of drug-likeness (QED) is 0.573. The maximum absolute atomic E-state index is 3.70. The molecule has 0 aromatic heterocycles. The highest BCUT2D eigenvalue weighted by Crippen LogP contribution is 2.20. The monoisotopic (exact) mass is 141 g/mol. The van der Waals surface area contributed by atoms with E-state index in [0.717, 1.165) is 4.91 Å². The number of thioether (sulfide) groups is 1. The van der Waals surface area contributed by atoms with Gasteiger partial charge in [-0.1, -0.05) is 13.8 Å². The number of hydrogen-bond donors (Lipinski definition) is 0. The van der Waals surface area contributed by atoms with Gasteiger partial charge < -0.3 is 0 Å². The first kappa shape index (κ1) is 6.68. The molecule has 1 rings (SSSR count). The van der Waals surface area contributed by atoms with E-state index >= 15 is 0 Å². The van der Waals surface area contributed by atoms with Crippen LogP contribution in [0.5, 0.6) is 0 Å². The van der Waals surface area contributed by atoms with Crippen molar-refractivity contribution in [2.45, 2.75) is 19.1 Å². The third kappa shape index (κ3) is 2.10. The van der Waals surface area contributed by atoms with Gasteiger partial charge in [-0.05, 0) is 0 Å². The van der Waals surface area contributed by atoms with Crippen LogP contribution in [-0.2, 0) is 0 Å². The summed E-state index contributed by atoms with van der Waals surface area (Å²) in [5, 5.41) is 4.33. The Balaban J connectivity index is 2.35. The number of rotatable bonds is 2. The van der Waals surface area contributed by atoms with Crippen LogP contribution in [-0.4, -0.2) is 11.5 Å². The van der Waals surface area contributed by atoms with Gasteiger partial charge in [0, 0.05) is 10.2 Å². The number of nitrogens with zero attached hydrogens (tertiary/aromatic N) is 2. The van der Waals surface area contributed by atoms with Crippen molar-refractivity contribution in [1.82, 2.24) is 5.43 Å². The minimum Gasteiger partial charge on any atom is -0.158 e. The molecule has 0 amide bonds. The van der Waals surface area contributed by atoms with E-state index in [9.17, 15) is 0 Å². The topological polar surface area (TPSA) is 26.5 Å². The summed E-state index contributed by atoms with van der Waals surface area (Å²) in [6.07, 6.45) is 3.56. The molecule has 0 spiro atoms. The Bertz CT molecular complexity index is 149. The first-order chi connectivity index (χ1) is 4.29. The van der Waals surface area contributed by atoms with Crippen molar-refractivity contribution in [1.29, 1.82) is 0 Å². The van der Waals surface area contributed by atoms with Crippen molar-refractivity contribution in [3.05, 3.63) is 11.1 Å². The third-order valence-corrected chi connectivity index (χ3v) is 1.76. The molecule has 49 valence electrons. The molecule has 1 radical (unpaired) electrons. The van der Waals surface area contributed by atoms with Gasteiger partial charge in [0.15, 0.2) is 0 Å². The second-order valence-electron chi connectivity index (χ2n) is 2.06. The Hall–Kier alpha value is -0.440. The molecule has 0 atom stereocenters. The van der Waals surface area contributed by atoms with Gasteiger partial charge in [-0.2, -0.15) is 10.5 Å². The van der Waals surface area contributed by atoms with Gasteiger partial charge in [0.2, 0.25) is 0 Å². The van der Waals surface area contributed by atoms with Crippen LogP contribution in [0.4, 0.5) is 0 Å². The van der Waals surface area contributed by atoms with E-state index in [0.29, 0.717) is 5.25 Å². The molecule has 0 unspecified atom stereocenters. The van der Waals surface area contributed by atoms with Gasteiger partial charge in [-0.25, -0.2) is 0 Å². The van der Waals surface area contributed by atoms with Crippen LogP contribution < -0.4 is 5.43 Å². The molecule has 0 N–H and O–H groups in total. The van der Waals surface area contributed by atoms with E-state index in [-0.39, 0.29) is 0 Å². The van der Waals surface area contributed by atoms with Crippen molar-refractivity contribution >= 4 is 18.0 Å². The number of allylic oxidation sites excluding steroid dienone is 1. The summed E-state index contributed by atoms with van der Waals surface area (Å²) >= 11 is 1.78. The average molecular weight is 141 g/mol. The molecule has 2 nitrogen and oxygen atoms in total. The fourth-order valence-corrected chi connectivity index (χ4v) is 1.31. The van der Waals surface area contributed by atoms with Crippen molar-refractivity contribution < 1.29 is 0 Å². The lowest BCUT2D eigenvalue weighted by molar-refractivity contribution is 0.976. The Morgan fingerprint density at radius 2 is 2.33 bits per heavy atom. The maximum atomic E-state index is 3.70. The molecular formula is C6H9N2S. The maximum Gasteiger partial charge on any atom is 0.0647 e. The third-order valence-electron chi connectivity index (χ3n) is 0.808. The van der Waals surface area contributed by atoms with Gasteiger partial charge in [0.05, 0.1) is 12.4 Å². The Morgan fingerprint density at radius 3 is 2.78 bits per heavy atom. The highest BCUT2D eigenvalue weighted by Gasteiger charge is 2.02. The van der Waals surface area contributed by atoms with Crippen LogP contribution in [0.15, 0.2) is 16.2 Å². The van der Waals surface area contributed by atoms with E-state index < -0.39 is 0 Å². The minimum atomic E-state index is 0.621. The van der Waals surface area contributed by atoms with Crippen LogP contribution in [0.25, 0.3) is 0 Å². The average Bonchev–Trinajstić information content (AvgIpc) is 2.15. The first-order valence-corrected chi connectivity index (χ1v) is 3.77. The summed E-state index contributed by atoms with van der Waals surface area (Å²) in [5.74, 6) is 0. The molecule has 0 aromatic carbocycles. The summed E-state index contributed by atoms with van der Waals surface area (Å²) in [6, 6.07) is 0. The van der Waals surface area contributed by atoms with E-state index in [1.165, 1.54) is 0 Å². The van der Waals surface area contributed by atoms with E-state index in [2.05, 4.69) is 24.4 Å². The lowest BCUT2D eigenvalue weighted by Gasteiger charge is -1.99. The zero-order valence-electron chi connectivity index (χ0n) is 5.53. The lowest BCUT2D eigenvalue weighted by Crippen LogP contribution is -1.86. The fraction of sp³-hybridized carbons (Fsp3) is 0.500. The van der Waals surface area contributed by atoms with Gasteiger partial charge >= 0.3 is 0 Å². The van der Waals surface area contributed by atoms with E-state index in [1.54, 1.807) is 24.2 Å². The van der Waals surface area contributed by atoms with Crippen LogP contribution >= 0.6 is 11.8 Å². The minimum absolute atomic E-state index is 0.621. The highest BCUT2D eigenvalue weighted by atomic mass is 32.2. The second-order valence-corrected chi connectivity index (χ2v) is 3.71. The summed E-state index contributed by atoms with van der Waals surface area (Å²) in [4.78, 5) is 1.16. The van der Waals surface area contributed by atoms with Gasteiger partial charge in [0.25, 0.3) is 0 Å². The van der Waals surface area contributed by atoms with Crippen molar-refractivity contribution in [3.63, 3.8) is 0 Å². The molecule has 0 fully saturated rings. The Kier molecular flexibility index (Phi) is 2.16. The molecule has 1 aliphatic heterocycles. The largest absolute Gasteiger partial charge is 0.158 e. The van der Waals surface area contributed by atoms with Crippen LogP contribution in [0, 0.1) is 0 Å². The lowest BCUT2D eigenvalue weighted by atomic mass is 10.6. The molecule has 0 aromatic rings. The standard InChI is InChI=1S/C6H9N2S/c1-5(2)9-6-3-7-8-4-6/h3-5H,1-2H3. The van der Waals surface area contributed by atoms with Gasteiger partial charge in [-0.15, -0.1) is 11.8 Å². The summed E-state index contributed by atoms with van der Waals surface area (Å²) in [6.45, 7) is 4.30. The van der Waals surface area contributed by atoms with Crippen LogP contribution in [0.3, 0.4) is 0 Å². The molecule has 0 aliphatic carbocycles. The van der Waals surface area contributed by atoms with Crippen LogP contribution in [0.2, 0.25) is 0 Å². The first-order valence-electron chi connectivity index (χ1n) is 2.89. The highest BCUT2D eigenvalue weighted by molar-refractivity contribution is 8.04. The number of hydrogen-bond acceptors (Lipinski definition) is 2.